The number of likely N-dealkylation sites (tertiary alicyclic amines) is 1. The molecule has 1 aromatic heterocycles. The second-order valence-corrected chi connectivity index (χ2v) is 6.32. The molecule has 0 radical (unpaired) electrons. The third-order valence-electron chi connectivity index (χ3n) is 3.89. The summed E-state index contributed by atoms with van der Waals surface area (Å²) in [6.07, 6.45) is 5.99. The van der Waals surface area contributed by atoms with Crippen molar-refractivity contribution in [2.45, 2.75) is 32.1 Å². The van der Waals surface area contributed by atoms with Crippen LogP contribution in [0.1, 0.15) is 42.6 Å². The molecule has 0 unspecified atom stereocenters. The molecule has 0 spiro atoms. The van der Waals surface area contributed by atoms with Gasteiger partial charge in [0.1, 0.15) is 10.7 Å². The van der Waals surface area contributed by atoms with Gasteiger partial charge >= 0.3 is 0 Å². The Morgan fingerprint density at radius 2 is 1.67 bits per heavy atom. The number of aromatic nitrogens is 1. The van der Waals surface area contributed by atoms with E-state index in [0.29, 0.717) is 5.69 Å². The lowest BCUT2D eigenvalue weighted by Gasteiger charge is -2.23. The van der Waals surface area contributed by atoms with Crippen LogP contribution in [0.2, 0.25) is 0 Å². The second kappa shape index (κ2) is 6.85. The Morgan fingerprint density at radius 3 is 2.38 bits per heavy atom. The van der Waals surface area contributed by atoms with Crippen LogP contribution in [-0.2, 0) is 0 Å². The molecule has 1 fully saturated rings. The number of hydrogen-bond donors (Lipinski definition) is 0. The molecule has 1 aliphatic heterocycles. The lowest BCUT2D eigenvalue weighted by molar-refractivity contribution is 0.0737. The summed E-state index contributed by atoms with van der Waals surface area (Å²) >= 11 is 1.55. The van der Waals surface area contributed by atoms with E-state index >= 15 is 0 Å². The van der Waals surface area contributed by atoms with E-state index in [4.69, 9.17) is 0 Å². The smallest absolute Gasteiger partial charge is 0.273 e. The van der Waals surface area contributed by atoms with Crippen molar-refractivity contribution in [3.05, 3.63) is 41.4 Å². The first-order valence-corrected chi connectivity index (χ1v) is 8.53. The summed E-state index contributed by atoms with van der Waals surface area (Å²) in [4.78, 5) is 19.1. The standard InChI is InChI=1S/C17H20N2OS/c20-17(19-11-7-2-1-3-8-12-19)15-13-21-16(18-15)14-9-5-4-6-10-14/h4-6,9-10,13H,1-3,7-8,11-12H2. The van der Waals surface area contributed by atoms with Crippen molar-refractivity contribution in [3.8, 4) is 10.6 Å². The maximum absolute atomic E-state index is 12.6. The number of carbonyl (C=O) groups excluding carboxylic acids is 1. The maximum Gasteiger partial charge on any atom is 0.273 e. The van der Waals surface area contributed by atoms with Crippen LogP contribution in [0, 0.1) is 0 Å². The van der Waals surface area contributed by atoms with Crippen LogP contribution in [-0.4, -0.2) is 28.9 Å². The van der Waals surface area contributed by atoms with Crippen LogP contribution >= 0.6 is 11.3 Å². The summed E-state index contributed by atoms with van der Waals surface area (Å²) < 4.78 is 0. The van der Waals surface area contributed by atoms with Gasteiger partial charge in [-0.15, -0.1) is 11.3 Å². The third kappa shape index (κ3) is 3.50. The summed E-state index contributed by atoms with van der Waals surface area (Å²) in [5, 5.41) is 2.81. The minimum Gasteiger partial charge on any atom is -0.337 e. The molecule has 0 bridgehead atoms. The first kappa shape index (κ1) is 14.3. The maximum atomic E-state index is 12.6. The summed E-state index contributed by atoms with van der Waals surface area (Å²) in [6.45, 7) is 1.74. The number of carbonyl (C=O) groups is 1. The van der Waals surface area contributed by atoms with Gasteiger partial charge in [-0.25, -0.2) is 4.98 Å². The van der Waals surface area contributed by atoms with Crippen LogP contribution in [0.4, 0.5) is 0 Å². The number of rotatable bonds is 2. The van der Waals surface area contributed by atoms with Crippen molar-refractivity contribution >= 4 is 17.2 Å². The Hall–Kier alpha value is -1.68. The molecule has 110 valence electrons. The van der Waals surface area contributed by atoms with Crippen molar-refractivity contribution in [1.29, 1.82) is 0 Å². The van der Waals surface area contributed by atoms with Crippen LogP contribution in [0.3, 0.4) is 0 Å². The molecule has 1 aliphatic rings. The minimum atomic E-state index is 0.0929. The Balaban J connectivity index is 1.74. The molecule has 3 rings (SSSR count). The van der Waals surface area contributed by atoms with Crippen LogP contribution in [0.5, 0.6) is 0 Å². The van der Waals surface area contributed by atoms with E-state index in [1.54, 1.807) is 11.3 Å². The predicted octanol–water partition coefficient (Wildman–Crippen LogP) is 4.22. The van der Waals surface area contributed by atoms with E-state index in [0.717, 1.165) is 36.5 Å². The molecule has 21 heavy (non-hydrogen) atoms. The first-order valence-electron chi connectivity index (χ1n) is 7.65. The van der Waals surface area contributed by atoms with E-state index in [1.165, 1.54) is 19.3 Å². The monoisotopic (exact) mass is 300 g/mol. The SMILES string of the molecule is O=C(c1csc(-c2ccccc2)n1)N1CCCCCCC1. The van der Waals surface area contributed by atoms with Gasteiger partial charge in [0, 0.05) is 24.0 Å². The molecule has 0 aliphatic carbocycles. The van der Waals surface area contributed by atoms with Crippen LogP contribution < -0.4 is 0 Å². The molecule has 0 N–H and O–H groups in total. The zero-order valence-electron chi connectivity index (χ0n) is 12.1. The highest BCUT2D eigenvalue weighted by molar-refractivity contribution is 7.13. The summed E-state index contributed by atoms with van der Waals surface area (Å²) in [6, 6.07) is 10.0. The van der Waals surface area contributed by atoms with Gasteiger partial charge in [0.05, 0.1) is 0 Å². The average molecular weight is 300 g/mol. The fourth-order valence-electron chi connectivity index (χ4n) is 2.70. The van der Waals surface area contributed by atoms with E-state index < -0.39 is 0 Å². The number of nitrogens with zero attached hydrogens (tertiary/aromatic N) is 2. The van der Waals surface area contributed by atoms with Gasteiger partial charge in [0.2, 0.25) is 0 Å². The first-order chi connectivity index (χ1) is 10.3. The van der Waals surface area contributed by atoms with Crippen LogP contribution in [0.15, 0.2) is 35.7 Å². The lowest BCUT2D eigenvalue weighted by atomic mass is 10.1. The largest absolute Gasteiger partial charge is 0.337 e. The Bertz CT molecular complexity index is 586. The van der Waals surface area contributed by atoms with Gasteiger partial charge in [-0.2, -0.15) is 0 Å². The van der Waals surface area contributed by atoms with Crippen molar-refractivity contribution < 1.29 is 4.79 Å². The van der Waals surface area contributed by atoms with E-state index in [9.17, 15) is 4.79 Å². The summed E-state index contributed by atoms with van der Waals surface area (Å²) in [5.41, 5.74) is 1.67. The zero-order chi connectivity index (χ0) is 14.5. The number of amides is 1. The molecule has 2 aromatic rings. The molecule has 1 saturated heterocycles. The molecule has 2 heterocycles. The molecule has 0 saturated carbocycles. The Morgan fingerprint density at radius 1 is 1.00 bits per heavy atom. The zero-order valence-corrected chi connectivity index (χ0v) is 12.9. The Labute approximate surface area is 129 Å². The summed E-state index contributed by atoms with van der Waals surface area (Å²) in [5.74, 6) is 0.0929. The van der Waals surface area contributed by atoms with Crippen molar-refractivity contribution in [2.75, 3.05) is 13.1 Å². The van der Waals surface area contributed by atoms with Crippen molar-refractivity contribution in [2.24, 2.45) is 0 Å². The number of benzene rings is 1. The molecular formula is C17H20N2OS. The highest BCUT2D eigenvalue weighted by Crippen LogP contribution is 2.24. The fraction of sp³-hybridized carbons (Fsp3) is 0.412. The van der Waals surface area contributed by atoms with Gasteiger partial charge < -0.3 is 4.90 Å². The molecule has 3 nitrogen and oxygen atoms in total. The topological polar surface area (TPSA) is 33.2 Å². The van der Waals surface area contributed by atoms with Crippen LogP contribution in [0.25, 0.3) is 10.6 Å². The van der Waals surface area contributed by atoms with E-state index in [-0.39, 0.29) is 5.91 Å². The van der Waals surface area contributed by atoms with Crippen molar-refractivity contribution in [3.63, 3.8) is 0 Å². The number of hydrogen-bond acceptors (Lipinski definition) is 3. The average Bonchev–Trinajstić information content (AvgIpc) is 2.97. The van der Waals surface area contributed by atoms with E-state index in [2.05, 4.69) is 4.98 Å². The van der Waals surface area contributed by atoms with Gasteiger partial charge in [-0.3, -0.25) is 4.79 Å². The minimum absolute atomic E-state index is 0.0929. The van der Waals surface area contributed by atoms with E-state index in [1.807, 2.05) is 40.6 Å². The van der Waals surface area contributed by atoms with Crippen molar-refractivity contribution in [1.82, 2.24) is 9.88 Å². The van der Waals surface area contributed by atoms with Gasteiger partial charge in [0.25, 0.3) is 5.91 Å². The molecule has 4 heteroatoms. The van der Waals surface area contributed by atoms with Gasteiger partial charge in [0.15, 0.2) is 0 Å². The molecule has 0 atom stereocenters. The third-order valence-corrected chi connectivity index (χ3v) is 4.78. The predicted molar refractivity (Wildman–Crippen MR) is 86.5 cm³/mol. The molecule has 1 aromatic carbocycles. The highest BCUT2D eigenvalue weighted by atomic mass is 32.1. The summed E-state index contributed by atoms with van der Waals surface area (Å²) in [7, 11) is 0. The number of thiazole rings is 1. The highest BCUT2D eigenvalue weighted by Gasteiger charge is 2.19. The second-order valence-electron chi connectivity index (χ2n) is 5.46. The normalized spacial score (nSPS) is 16.3. The molecular weight excluding hydrogens is 280 g/mol. The Kier molecular flexibility index (Phi) is 4.65. The fourth-order valence-corrected chi connectivity index (χ4v) is 3.50. The van der Waals surface area contributed by atoms with Gasteiger partial charge in [-0.05, 0) is 12.8 Å². The quantitative estimate of drug-likeness (QED) is 0.832. The lowest BCUT2D eigenvalue weighted by Crippen LogP contribution is -2.34. The van der Waals surface area contributed by atoms with Gasteiger partial charge in [-0.1, -0.05) is 49.6 Å². The molecule has 1 amide bonds.